The van der Waals surface area contributed by atoms with Crippen molar-refractivity contribution in [3.05, 3.63) is 56.5 Å². The molecule has 0 bridgehead atoms. The average Bonchev–Trinajstić information content (AvgIpc) is 2.33. The summed E-state index contributed by atoms with van der Waals surface area (Å²) >= 11 is 15.4. The molecule has 0 saturated carbocycles. The fourth-order valence-corrected chi connectivity index (χ4v) is 2.49. The Kier molecular flexibility index (Phi) is 4.38. The molecule has 0 fully saturated rings. The fraction of sp³-hybridized carbons (Fsp3) is 0.0769. The summed E-state index contributed by atoms with van der Waals surface area (Å²) in [6.07, 6.45) is 0. The van der Waals surface area contributed by atoms with Crippen molar-refractivity contribution < 1.29 is 5.11 Å². The van der Waals surface area contributed by atoms with Crippen LogP contribution in [0.15, 0.2) is 40.9 Å². The van der Waals surface area contributed by atoms with Gasteiger partial charge in [-0.1, -0.05) is 41.4 Å². The Morgan fingerprint density at radius 3 is 2.33 bits per heavy atom. The third kappa shape index (κ3) is 2.91. The summed E-state index contributed by atoms with van der Waals surface area (Å²) in [5.74, 6) is 0.216. The lowest BCUT2D eigenvalue weighted by Crippen LogP contribution is -2.01. The molecule has 0 radical (unpaired) electrons. The summed E-state index contributed by atoms with van der Waals surface area (Å²) in [7, 11) is 0. The average molecular weight is 347 g/mol. The molecule has 94 valence electrons. The second-order valence-electron chi connectivity index (χ2n) is 3.70. The van der Waals surface area contributed by atoms with E-state index >= 15 is 0 Å². The Morgan fingerprint density at radius 2 is 1.67 bits per heavy atom. The first kappa shape index (κ1) is 13.5. The molecule has 0 spiro atoms. The Morgan fingerprint density at radius 1 is 1.06 bits per heavy atom. The number of rotatable bonds is 3. The second-order valence-corrected chi connectivity index (χ2v) is 5.37. The molecule has 0 unspecified atom stereocenters. The molecule has 0 atom stereocenters. The lowest BCUT2D eigenvalue weighted by atomic mass is 10.2. The molecule has 0 aromatic heterocycles. The quantitative estimate of drug-likeness (QED) is 0.812. The van der Waals surface area contributed by atoms with Crippen LogP contribution in [0.4, 0.5) is 5.69 Å². The molecule has 2 rings (SSSR count). The van der Waals surface area contributed by atoms with Crippen molar-refractivity contribution in [1.82, 2.24) is 0 Å². The lowest BCUT2D eigenvalue weighted by molar-refractivity contribution is 0.465. The number of para-hydroxylation sites is 2. The number of phenolic OH excluding ortho intramolecular Hbond substituents is 1. The number of aromatic hydroxyl groups is 1. The van der Waals surface area contributed by atoms with Gasteiger partial charge in [0.25, 0.3) is 0 Å². The fourth-order valence-electron chi connectivity index (χ4n) is 1.55. The third-order valence-electron chi connectivity index (χ3n) is 2.49. The molecule has 2 aromatic rings. The summed E-state index contributed by atoms with van der Waals surface area (Å²) in [6, 6.07) is 10.8. The molecule has 2 N–H and O–H groups in total. The van der Waals surface area contributed by atoms with E-state index in [9.17, 15) is 5.11 Å². The van der Waals surface area contributed by atoms with Gasteiger partial charge in [0.1, 0.15) is 5.75 Å². The molecule has 18 heavy (non-hydrogen) atoms. The standard InChI is InChI=1S/C13H10BrCl2NO/c14-9-4-1-3-8(13(9)18)7-17-12-10(15)5-2-6-11(12)16/h1-6,17-18H,7H2. The summed E-state index contributed by atoms with van der Waals surface area (Å²) in [4.78, 5) is 0. The topological polar surface area (TPSA) is 32.3 Å². The van der Waals surface area contributed by atoms with Crippen LogP contribution in [0.2, 0.25) is 10.0 Å². The Hall–Kier alpha value is -0.900. The van der Waals surface area contributed by atoms with Crippen molar-refractivity contribution >= 4 is 44.8 Å². The summed E-state index contributed by atoms with van der Waals surface area (Å²) in [5.41, 5.74) is 1.43. The van der Waals surface area contributed by atoms with E-state index in [1.807, 2.05) is 12.1 Å². The first-order chi connectivity index (χ1) is 8.59. The largest absolute Gasteiger partial charge is 0.506 e. The maximum atomic E-state index is 9.86. The van der Waals surface area contributed by atoms with E-state index < -0.39 is 0 Å². The van der Waals surface area contributed by atoms with E-state index in [1.54, 1.807) is 24.3 Å². The second kappa shape index (κ2) is 5.83. The number of hydrogen-bond acceptors (Lipinski definition) is 2. The van der Waals surface area contributed by atoms with Gasteiger partial charge in [-0.25, -0.2) is 0 Å². The zero-order chi connectivity index (χ0) is 13.1. The predicted molar refractivity (Wildman–Crippen MR) is 79.6 cm³/mol. The summed E-state index contributed by atoms with van der Waals surface area (Å²) in [6.45, 7) is 0.439. The first-order valence-corrected chi connectivity index (χ1v) is 6.78. The Bertz CT molecular complexity index is 555. The molecule has 0 aliphatic rings. The number of anilines is 1. The molecule has 5 heteroatoms. The van der Waals surface area contributed by atoms with Gasteiger partial charge in [0.05, 0.1) is 20.2 Å². The van der Waals surface area contributed by atoms with E-state index in [4.69, 9.17) is 23.2 Å². The number of phenols is 1. The number of nitrogens with one attached hydrogen (secondary N) is 1. The van der Waals surface area contributed by atoms with Gasteiger partial charge in [0.2, 0.25) is 0 Å². The van der Waals surface area contributed by atoms with Gasteiger partial charge >= 0.3 is 0 Å². The third-order valence-corrected chi connectivity index (χ3v) is 3.76. The molecule has 2 nitrogen and oxygen atoms in total. The molecule has 2 aromatic carbocycles. The summed E-state index contributed by atoms with van der Waals surface area (Å²) < 4.78 is 0.659. The minimum atomic E-state index is 0.216. The maximum Gasteiger partial charge on any atom is 0.134 e. The van der Waals surface area contributed by atoms with E-state index in [1.165, 1.54) is 0 Å². The highest BCUT2D eigenvalue weighted by Gasteiger charge is 2.08. The van der Waals surface area contributed by atoms with Crippen molar-refractivity contribution in [3.8, 4) is 5.75 Å². The monoisotopic (exact) mass is 345 g/mol. The SMILES string of the molecule is Oc1c(Br)cccc1CNc1c(Cl)cccc1Cl. The zero-order valence-electron chi connectivity index (χ0n) is 9.25. The van der Waals surface area contributed by atoms with Crippen molar-refractivity contribution in [3.63, 3.8) is 0 Å². The minimum absolute atomic E-state index is 0.216. The van der Waals surface area contributed by atoms with E-state index in [0.717, 1.165) is 5.56 Å². The normalized spacial score (nSPS) is 10.4. The Balaban J connectivity index is 2.19. The number of hydrogen-bond donors (Lipinski definition) is 2. The van der Waals surface area contributed by atoms with E-state index in [2.05, 4.69) is 21.2 Å². The van der Waals surface area contributed by atoms with Gasteiger partial charge in [0.15, 0.2) is 0 Å². The maximum absolute atomic E-state index is 9.86. The highest BCUT2D eigenvalue weighted by Crippen LogP contribution is 2.32. The van der Waals surface area contributed by atoms with Crippen molar-refractivity contribution in [2.75, 3.05) is 5.32 Å². The van der Waals surface area contributed by atoms with E-state index in [0.29, 0.717) is 26.8 Å². The van der Waals surface area contributed by atoms with E-state index in [-0.39, 0.29) is 5.75 Å². The molecular weight excluding hydrogens is 337 g/mol. The van der Waals surface area contributed by atoms with Gasteiger partial charge in [-0.3, -0.25) is 0 Å². The molecule has 0 saturated heterocycles. The van der Waals surface area contributed by atoms with Gasteiger partial charge < -0.3 is 10.4 Å². The molecule has 0 aliphatic heterocycles. The highest BCUT2D eigenvalue weighted by molar-refractivity contribution is 9.10. The number of benzene rings is 2. The van der Waals surface area contributed by atoms with Gasteiger partial charge in [-0.15, -0.1) is 0 Å². The van der Waals surface area contributed by atoms with Crippen LogP contribution < -0.4 is 5.32 Å². The molecule has 0 aliphatic carbocycles. The van der Waals surface area contributed by atoms with Crippen LogP contribution in [0.3, 0.4) is 0 Å². The first-order valence-electron chi connectivity index (χ1n) is 5.24. The van der Waals surface area contributed by atoms with Gasteiger partial charge in [0, 0.05) is 12.1 Å². The highest BCUT2D eigenvalue weighted by atomic mass is 79.9. The molecule has 0 heterocycles. The molecular formula is C13H10BrCl2NO. The minimum Gasteiger partial charge on any atom is -0.506 e. The molecule has 0 amide bonds. The van der Waals surface area contributed by atoms with Crippen LogP contribution in [-0.2, 0) is 6.54 Å². The van der Waals surface area contributed by atoms with Gasteiger partial charge in [-0.05, 0) is 34.1 Å². The predicted octanol–water partition coefficient (Wildman–Crippen LogP) is 5.07. The van der Waals surface area contributed by atoms with Crippen LogP contribution in [-0.4, -0.2) is 5.11 Å². The number of halogens is 3. The summed E-state index contributed by atoms with van der Waals surface area (Å²) in [5, 5.41) is 14.1. The van der Waals surface area contributed by atoms with Crippen LogP contribution >= 0.6 is 39.1 Å². The van der Waals surface area contributed by atoms with Crippen LogP contribution in [0.1, 0.15) is 5.56 Å². The lowest BCUT2D eigenvalue weighted by Gasteiger charge is -2.11. The van der Waals surface area contributed by atoms with Crippen molar-refractivity contribution in [1.29, 1.82) is 0 Å². The zero-order valence-corrected chi connectivity index (χ0v) is 12.4. The van der Waals surface area contributed by atoms with Crippen molar-refractivity contribution in [2.24, 2.45) is 0 Å². The van der Waals surface area contributed by atoms with Crippen LogP contribution in [0.25, 0.3) is 0 Å². The van der Waals surface area contributed by atoms with Crippen molar-refractivity contribution in [2.45, 2.75) is 6.54 Å². The smallest absolute Gasteiger partial charge is 0.134 e. The van der Waals surface area contributed by atoms with Crippen LogP contribution in [0.5, 0.6) is 5.75 Å². The Labute approximate surface area is 124 Å². The van der Waals surface area contributed by atoms with Crippen LogP contribution in [0, 0.1) is 0 Å². The van der Waals surface area contributed by atoms with Gasteiger partial charge in [-0.2, -0.15) is 0 Å².